The summed E-state index contributed by atoms with van der Waals surface area (Å²) in [5.41, 5.74) is 3.73. The van der Waals surface area contributed by atoms with Crippen LogP contribution in [0, 0.1) is 17.6 Å². The second-order valence-electron chi connectivity index (χ2n) is 5.68. The van der Waals surface area contributed by atoms with Gasteiger partial charge in [-0.3, -0.25) is 0 Å². The first kappa shape index (κ1) is 16.0. The van der Waals surface area contributed by atoms with E-state index < -0.39 is 5.82 Å². The normalized spacial score (nSPS) is 11.3. The van der Waals surface area contributed by atoms with Gasteiger partial charge in [-0.15, -0.1) is 5.10 Å². The van der Waals surface area contributed by atoms with E-state index in [1.807, 2.05) is 19.1 Å². The minimum absolute atomic E-state index is 0.133. The Kier molecular flexibility index (Phi) is 3.89. The quantitative estimate of drug-likeness (QED) is 0.497. The van der Waals surface area contributed by atoms with E-state index >= 15 is 4.39 Å². The highest BCUT2D eigenvalue weighted by Gasteiger charge is 2.20. The average Bonchev–Trinajstić information content (AvgIpc) is 3.20. The fourth-order valence-corrected chi connectivity index (χ4v) is 3.19. The number of fused-ring (bicyclic) bond motifs is 1. The summed E-state index contributed by atoms with van der Waals surface area (Å²) in [6.45, 7) is 1.94. The van der Waals surface area contributed by atoms with Crippen LogP contribution in [0.1, 0.15) is 16.7 Å². The van der Waals surface area contributed by atoms with Crippen molar-refractivity contribution in [2.75, 3.05) is 0 Å². The van der Waals surface area contributed by atoms with Crippen LogP contribution in [0.3, 0.4) is 0 Å². The Labute approximate surface area is 151 Å². The van der Waals surface area contributed by atoms with Gasteiger partial charge in [0.05, 0.1) is 11.8 Å². The minimum atomic E-state index is -0.410. The molecule has 0 bridgehead atoms. The van der Waals surface area contributed by atoms with Gasteiger partial charge in [0.25, 0.3) is 4.84 Å². The molecule has 0 unspecified atom stereocenters. The van der Waals surface area contributed by atoms with E-state index in [4.69, 9.17) is 28.2 Å². The van der Waals surface area contributed by atoms with Gasteiger partial charge in [-0.25, -0.2) is 14.5 Å². The zero-order chi connectivity index (χ0) is 17.6. The predicted octanol–water partition coefficient (Wildman–Crippen LogP) is 4.97. The van der Waals surface area contributed by atoms with Crippen molar-refractivity contribution < 1.29 is 8.81 Å². The maximum atomic E-state index is 15.1. The van der Waals surface area contributed by atoms with Crippen LogP contribution in [0.4, 0.5) is 4.39 Å². The molecular weight excluding hydrogens is 363 g/mol. The summed E-state index contributed by atoms with van der Waals surface area (Å²) >= 11 is 11.0. The van der Waals surface area contributed by atoms with Crippen LogP contribution in [-0.4, -0.2) is 20.2 Å². The lowest BCUT2D eigenvalue weighted by Crippen LogP contribution is -2.00. The van der Waals surface area contributed by atoms with Crippen molar-refractivity contribution in [3.8, 4) is 11.5 Å². The maximum Gasteiger partial charge on any atom is 0.284 e. The molecule has 0 atom stereocenters. The minimum Gasteiger partial charge on any atom is -0.409 e. The lowest BCUT2D eigenvalue weighted by atomic mass is 9.95. The Morgan fingerprint density at radius 2 is 2.16 bits per heavy atom. The summed E-state index contributed by atoms with van der Waals surface area (Å²) in [4.78, 5) is 7.11. The lowest BCUT2D eigenvalue weighted by Gasteiger charge is -2.11. The van der Waals surface area contributed by atoms with Crippen LogP contribution in [0.2, 0.25) is 5.02 Å². The molecule has 0 saturated heterocycles. The summed E-state index contributed by atoms with van der Waals surface area (Å²) < 4.78 is 20.5. The van der Waals surface area contributed by atoms with Gasteiger partial charge in [0.2, 0.25) is 5.89 Å². The van der Waals surface area contributed by atoms with Gasteiger partial charge in [0.15, 0.2) is 5.82 Å². The van der Waals surface area contributed by atoms with Crippen LogP contribution in [0.15, 0.2) is 35.0 Å². The lowest BCUT2D eigenvalue weighted by molar-refractivity contribution is 0.549. The van der Waals surface area contributed by atoms with Crippen molar-refractivity contribution in [1.29, 1.82) is 0 Å². The molecule has 0 radical (unpaired) electrons. The van der Waals surface area contributed by atoms with Gasteiger partial charge in [-0.2, -0.15) is 0 Å². The largest absolute Gasteiger partial charge is 0.409 e. The number of benzene rings is 2. The topological polar surface area (TPSA) is 70.5 Å². The first-order valence-electron chi connectivity index (χ1n) is 7.48. The Bertz CT molecular complexity index is 1150. The molecule has 0 aliphatic heterocycles. The number of H-pyrrole nitrogens is 2. The molecule has 0 fully saturated rings. The van der Waals surface area contributed by atoms with Crippen LogP contribution < -0.4 is 0 Å². The molecular formula is C17H12ClFN4OS. The third-order valence-corrected chi connectivity index (χ3v) is 4.51. The molecule has 5 nitrogen and oxygen atoms in total. The van der Waals surface area contributed by atoms with E-state index in [9.17, 15) is 0 Å². The molecule has 0 amide bonds. The van der Waals surface area contributed by atoms with Gasteiger partial charge < -0.3 is 9.40 Å². The first-order chi connectivity index (χ1) is 12.0. The smallest absolute Gasteiger partial charge is 0.284 e. The molecule has 0 saturated carbocycles. The molecule has 2 N–H and O–H groups in total. The number of hydrogen-bond acceptors (Lipinski definition) is 4. The molecule has 0 aliphatic carbocycles. The molecule has 126 valence electrons. The van der Waals surface area contributed by atoms with Crippen molar-refractivity contribution in [3.05, 3.63) is 63.0 Å². The molecule has 2 aromatic carbocycles. The third kappa shape index (κ3) is 2.85. The number of hydrogen-bond donors (Lipinski definition) is 2. The predicted molar refractivity (Wildman–Crippen MR) is 95.7 cm³/mol. The molecule has 0 aliphatic rings. The standard InChI is InChI=1S/C17H12ClFN4OS/c1-8-4-10(18)3-2-9(8)5-11-12(16-22-23-17(25)24-16)6-13-15(14(11)19)21-7-20-13/h2-4,6-7H,5H2,1H3,(H,20,21)(H,23,25). The maximum absolute atomic E-state index is 15.1. The summed E-state index contributed by atoms with van der Waals surface area (Å²) in [5, 5.41) is 7.25. The van der Waals surface area contributed by atoms with Crippen LogP contribution in [0.5, 0.6) is 0 Å². The SMILES string of the molecule is Cc1cc(Cl)ccc1Cc1c(-c2n[nH]c(=S)o2)cc2[nH]cnc2c1F. The summed E-state index contributed by atoms with van der Waals surface area (Å²) in [6, 6.07) is 7.28. The highest BCUT2D eigenvalue weighted by molar-refractivity contribution is 7.71. The molecule has 2 heterocycles. The number of aromatic amines is 2. The number of rotatable bonds is 3. The highest BCUT2D eigenvalue weighted by Crippen LogP contribution is 2.32. The van der Waals surface area contributed by atoms with E-state index in [0.717, 1.165) is 11.1 Å². The first-order valence-corrected chi connectivity index (χ1v) is 8.27. The van der Waals surface area contributed by atoms with Crippen molar-refractivity contribution in [1.82, 2.24) is 20.2 Å². The van der Waals surface area contributed by atoms with Gasteiger partial charge in [-0.1, -0.05) is 17.7 Å². The fraction of sp³-hybridized carbons (Fsp3) is 0.118. The number of nitrogens with one attached hydrogen (secondary N) is 2. The Morgan fingerprint density at radius 1 is 1.32 bits per heavy atom. The zero-order valence-electron chi connectivity index (χ0n) is 13.1. The van der Waals surface area contributed by atoms with Gasteiger partial charge >= 0.3 is 0 Å². The zero-order valence-corrected chi connectivity index (χ0v) is 14.6. The Morgan fingerprint density at radius 3 is 2.88 bits per heavy atom. The van der Waals surface area contributed by atoms with Gasteiger partial charge in [-0.05, 0) is 48.5 Å². The van der Waals surface area contributed by atoms with Crippen LogP contribution in [-0.2, 0) is 6.42 Å². The number of aromatic nitrogens is 4. The summed E-state index contributed by atoms with van der Waals surface area (Å²) in [5.74, 6) is -0.172. The van der Waals surface area contributed by atoms with Gasteiger partial charge in [0.1, 0.15) is 5.52 Å². The van der Waals surface area contributed by atoms with Gasteiger partial charge in [0, 0.05) is 22.6 Å². The van der Waals surface area contributed by atoms with E-state index in [1.165, 1.54) is 6.33 Å². The van der Waals surface area contributed by atoms with Crippen LogP contribution in [0.25, 0.3) is 22.5 Å². The summed E-state index contributed by atoms with van der Waals surface area (Å²) in [6.07, 6.45) is 1.80. The Balaban J connectivity index is 1.94. The molecule has 25 heavy (non-hydrogen) atoms. The number of nitrogens with zero attached hydrogens (tertiary/aromatic N) is 2. The van der Waals surface area contributed by atoms with E-state index in [0.29, 0.717) is 28.1 Å². The van der Waals surface area contributed by atoms with E-state index in [2.05, 4.69) is 20.2 Å². The second kappa shape index (κ2) is 6.09. The number of aryl methyl sites for hydroxylation is 1. The van der Waals surface area contributed by atoms with Crippen molar-refractivity contribution in [2.45, 2.75) is 13.3 Å². The van der Waals surface area contributed by atoms with E-state index in [-0.39, 0.29) is 16.2 Å². The Hall–Kier alpha value is -2.51. The summed E-state index contributed by atoms with van der Waals surface area (Å²) in [7, 11) is 0. The number of imidazole rings is 1. The third-order valence-electron chi connectivity index (χ3n) is 4.10. The van der Waals surface area contributed by atoms with Crippen molar-refractivity contribution >= 4 is 34.9 Å². The van der Waals surface area contributed by atoms with Crippen LogP contribution >= 0.6 is 23.8 Å². The van der Waals surface area contributed by atoms with Crippen molar-refractivity contribution in [3.63, 3.8) is 0 Å². The molecule has 0 spiro atoms. The molecule has 2 aromatic heterocycles. The molecule has 4 rings (SSSR count). The number of halogens is 2. The van der Waals surface area contributed by atoms with E-state index in [1.54, 1.807) is 12.1 Å². The monoisotopic (exact) mass is 374 g/mol. The average molecular weight is 375 g/mol. The molecule has 8 heteroatoms. The highest BCUT2D eigenvalue weighted by atomic mass is 35.5. The second-order valence-corrected chi connectivity index (χ2v) is 6.49. The fourth-order valence-electron chi connectivity index (χ4n) is 2.84. The molecule has 4 aromatic rings. The van der Waals surface area contributed by atoms with Crippen molar-refractivity contribution in [2.24, 2.45) is 0 Å².